The lowest BCUT2D eigenvalue weighted by atomic mass is 10.1. The fraction of sp³-hybridized carbons (Fsp3) is 0.333. The van der Waals surface area contributed by atoms with Crippen molar-refractivity contribution in [2.24, 2.45) is 0 Å². The molecule has 0 aliphatic heterocycles. The van der Waals surface area contributed by atoms with Gasteiger partial charge in [0.25, 0.3) is 0 Å². The summed E-state index contributed by atoms with van der Waals surface area (Å²) in [6.45, 7) is 3.34. The number of esters is 1. The van der Waals surface area contributed by atoms with Gasteiger partial charge in [-0.2, -0.15) is 0 Å². The maximum absolute atomic E-state index is 12.6. The number of ketones is 1. The van der Waals surface area contributed by atoms with Crippen LogP contribution in [0.2, 0.25) is 0 Å². The standard InChI is InChI=1S/C12H13FO3/c1-8(2)16-12(15)11(14)7-9-3-5-10(13)6-4-9/h3-6,8H,7H2,1-2H3. The summed E-state index contributed by atoms with van der Waals surface area (Å²) in [7, 11) is 0. The lowest BCUT2D eigenvalue weighted by Crippen LogP contribution is -2.22. The molecule has 1 aromatic carbocycles. The molecule has 0 aromatic heterocycles. The Hall–Kier alpha value is -1.71. The minimum Gasteiger partial charge on any atom is -0.457 e. The summed E-state index contributed by atoms with van der Waals surface area (Å²) >= 11 is 0. The summed E-state index contributed by atoms with van der Waals surface area (Å²) in [6.07, 6.45) is -0.379. The molecular formula is C12H13FO3. The fourth-order valence-corrected chi connectivity index (χ4v) is 1.14. The Morgan fingerprint density at radius 2 is 1.81 bits per heavy atom. The molecule has 0 unspecified atom stereocenters. The SMILES string of the molecule is CC(C)OC(=O)C(=O)Cc1ccc(F)cc1. The molecule has 0 amide bonds. The van der Waals surface area contributed by atoms with Crippen LogP contribution < -0.4 is 0 Å². The molecule has 3 nitrogen and oxygen atoms in total. The lowest BCUT2D eigenvalue weighted by Gasteiger charge is -2.06. The third-order valence-corrected chi connectivity index (χ3v) is 1.85. The third kappa shape index (κ3) is 3.81. The van der Waals surface area contributed by atoms with Crippen molar-refractivity contribution in [2.45, 2.75) is 26.4 Å². The number of ether oxygens (including phenoxy) is 1. The molecule has 0 spiro atoms. The van der Waals surface area contributed by atoms with Crippen LogP contribution in [0.4, 0.5) is 4.39 Å². The molecule has 0 atom stereocenters. The van der Waals surface area contributed by atoms with Gasteiger partial charge in [-0.15, -0.1) is 0 Å². The van der Waals surface area contributed by atoms with Gasteiger partial charge >= 0.3 is 5.97 Å². The van der Waals surface area contributed by atoms with Crippen molar-refractivity contribution < 1.29 is 18.7 Å². The summed E-state index contributed by atoms with van der Waals surface area (Å²) in [5.41, 5.74) is 0.590. The normalized spacial score (nSPS) is 10.2. The van der Waals surface area contributed by atoms with E-state index in [1.165, 1.54) is 24.3 Å². The van der Waals surface area contributed by atoms with Crippen molar-refractivity contribution >= 4 is 11.8 Å². The van der Waals surface area contributed by atoms with Crippen molar-refractivity contribution in [2.75, 3.05) is 0 Å². The van der Waals surface area contributed by atoms with Gasteiger partial charge in [-0.25, -0.2) is 9.18 Å². The molecule has 0 aliphatic carbocycles. The van der Waals surface area contributed by atoms with Gasteiger partial charge in [-0.3, -0.25) is 4.79 Å². The van der Waals surface area contributed by atoms with Crippen LogP contribution in [-0.2, 0) is 20.7 Å². The molecule has 1 rings (SSSR count). The van der Waals surface area contributed by atoms with Crippen molar-refractivity contribution in [1.82, 2.24) is 0 Å². The Labute approximate surface area is 93.2 Å². The average molecular weight is 224 g/mol. The Morgan fingerprint density at radius 1 is 1.25 bits per heavy atom. The first-order valence-corrected chi connectivity index (χ1v) is 4.97. The van der Waals surface area contributed by atoms with E-state index in [1.807, 2.05) is 0 Å². The molecule has 0 radical (unpaired) electrons. The van der Waals surface area contributed by atoms with Crippen LogP contribution >= 0.6 is 0 Å². The van der Waals surface area contributed by atoms with E-state index >= 15 is 0 Å². The van der Waals surface area contributed by atoms with Crippen LogP contribution in [0, 0.1) is 5.82 Å². The van der Waals surface area contributed by atoms with Gasteiger partial charge in [0, 0.05) is 6.42 Å². The van der Waals surface area contributed by atoms with Crippen molar-refractivity contribution in [3.63, 3.8) is 0 Å². The molecule has 0 N–H and O–H groups in total. The molecule has 4 heteroatoms. The monoisotopic (exact) mass is 224 g/mol. The van der Waals surface area contributed by atoms with E-state index in [0.29, 0.717) is 5.56 Å². The number of carbonyl (C=O) groups is 2. The minimum absolute atomic E-state index is 0.0637. The zero-order valence-electron chi connectivity index (χ0n) is 9.20. The Morgan fingerprint density at radius 3 is 2.31 bits per heavy atom. The number of hydrogen-bond acceptors (Lipinski definition) is 3. The molecule has 0 fully saturated rings. The van der Waals surface area contributed by atoms with E-state index in [2.05, 4.69) is 0 Å². The summed E-state index contributed by atoms with van der Waals surface area (Å²) in [6, 6.07) is 5.43. The highest BCUT2D eigenvalue weighted by molar-refractivity contribution is 6.34. The van der Waals surface area contributed by atoms with Crippen molar-refractivity contribution in [3.8, 4) is 0 Å². The smallest absolute Gasteiger partial charge is 0.375 e. The number of carbonyl (C=O) groups excluding carboxylic acids is 2. The highest BCUT2D eigenvalue weighted by Gasteiger charge is 2.16. The first-order valence-electron chi connectivity index (χ1n) is 4.97. The summed E-state index contributed by atoms with van der Waals surface area (Å²) in [5.74, 6) is -1.85. The van der Waals surface area contributed by atoms with Crippen LogP contribution in [0.1, 0.15) is 19.4 Å². The first-order chi connectivity index (χ1) is 7.49. The van der Waals surface area contributed by atoms with Gasteiger partial charge in [0.1, 0.15) is 5.82 Å². The molecule has 0 heterocycles. The maximum Gasteiger partial charge on any atom is 0.375 e. The first kappa shape index (κ1) is 12.4. The van der Waals surface area contributed by atoms with E-state index in [1.54, 1.807) is 13.8 Å². The van der Waals surface area contributed by atoms with E-state index in [9.17, 15) is 14.0 Å². The summed E-state index contributed by atoms with van der Waals surface area (Å²) in [4.78, 5) is 22.5. The van der Waals surface area contributed by atoms with Crippen LogP contribution in [-0.4, -0.2) is 17.9 Å². The van der Waals surface area contributed by atoms with Crippen molar-refractivity contribution in [1.29, 1.82) is 0 Å². The predicted molar refractivity (Wildman–Crippen MR) is 56.3 cm³/mol. The molecule has 0 saturated carbocycles. The second kappa shape index (κ2) is 5.39. The third-order valence-electron chi connectivity index (χ3n) is 1.85. The summed E-state index contributed by atoms with van der Waals surface area (Å²) < 4.78 is 17.3. The second-order valence-electron chi connectivity index (χ2n) is 3.68. The van der Waals surface area contributed by atoms with Gasteiger partial charge in [-0.05, 0) is 31.5 Å². The minimum atomic E-state index is -0.848. The lowest BCUT2D eigenvalue weighted by molar-refractivity contribution is -0.156. The second-order valence-corrected chi connectivity index (χ2v) is 3.68. The molecule has 86 valence electrons. The van der Waals surface area contributed by atoms with E-state index in [4.69, 9.17) is 4.74 Å². The predicted octanol–water partition coefficient (Wildman–Crippen LogP) is 1.89. The largest absolute Gasteiger partial charge is 0.457 e. The van der Waals surface area contributed by atoms with Gasteiger partial charge in [0.05, 0.1) is 6.10 Å². The zero-order chi connectivity index (χ0) is 12.1. The van der Waals surface area contributed by atoms with Crippen LogP contribution in [0.5, 0.6) is 0 Å². The quantitative estimate of drug-likeness (QED) is 0.579. The number of Topliss-reactive ketones (excluding diaryl/α,β-unsaturated/α-hetero) is 1. The highest BCUT2D eigenvalue weighted by atomic mass is 19.1. The number of halogens is 1. The van der Waals surface area contributed by atoms with Crippen LogP contribution in [0.15, 0.2) is 24.3 Å². The topological polar surface area (TPSA) is 43.4 Å². The van der Waals surface area contributed by atoms with E-state index < -0.39 is 11.8 Å². The number of benzene rings is 1. The number of hydrogen-bond donors (Lipinski definition) is 0. The molecule has 0 saturated heterocycles. The fourth-order valence-electron chi connectivity index (χ4n) is 1.14. The van der Waals surface area contributed by atoms with Crippen LogP contribution in [0.25, 0.3) is 0 Å². The number of rotatable bonds is 4. The van der Waals surface area contributed by atoms with Gasteiger partial charge in [-0.1, -0.05) is 12.1 Å². The Balaban J connectivity index is 2.57. The average Bonchev–Trinajstić information content (AvgIpc) is 2.20. The molecule has 16 heavy (non-hydrogen) atoms. The molecular weight excluding hydrogens is 211 g/mol. The summed E-state index contributed by atoms with van der Waals surface area (Å²) in [5, 5.41) is 0. The van der Waals surface area contributed by atoms with Crippen molar-refractivity contribution in [3.05, 3.63) is 35.6 Å². The van der Waals surface area contributed by atoms with Crippen LogP contribution in [0.3, 0.4) is 0 Å². The Bertz CT molecular complexity index is 382. The van der Waals surface area contributed by atoms with E-state index in [-0.39, 0.29) is 18.3 Å². The zero-order valence-corrected chi connectivity index (χ0v) is 9.20. The maximum atomic E-state index is 12.6. The molecule has 1 aromatic rings. The highest BCUT2D eigenvalue weighted by Crippen LogP contribution is 2.05. The Kier molecular flexibility index (Phi) is 4.17. The van der Waals surface area contributed by atoms with Gasteiger partial charge in [0.2, 0.25) is 5.78 Å². The van der Waals surface area contributed by atoms with Gasteiger partial charge in [0.15, 0.2) is 0 Å². The van der Waals surface area contributed by atoms with E-state index in [0.717, 1.165) is 0 Å². The van der Waals surface area contributed by atoms with Gasteiger partial charge < -0.3 is 4.74 Å². The molecule has 0 aliphatic rings. The molecule has 0 bridgehead atoms.